The SMILES string of the molecule is CC[C@H](C(=O)N(C)C1CCCCC1)N(c1ccccc1)S(C)(=O)=O. The lowest BCUT2D eigenvalue weighted by Gasteiger charge is -2.37. The van der Waals surface area contributed by atoms with Crippen LogP contribution in [0.2, 0.25) is 0 Å². The standard InChI is InChI=1S/C18H28N2O3S/c1-4-17(18(21)19(2)15-11-7-5-8-12-15)20(24(3,22)23)16-13-9-6-10-14-16/h6,9-10,13-15,17H,4-5,7-8,11-12H2,1-3H3/t17-/m1/s1. The molecular weight excluding hydrogens is 324 g/mol. The maximum absolute atomic E-state index is 13.1. The molecular formula is C18H28N2O3S. The molecule has 134 valence electrons. The fourth-order valence-corrected chi connectivity index (χ4v) is 4.71. The minimum absolute atomic E-state index is 0.112. The predicted molar refractivity (Wildman–Crippen MR) is 97.5 cm³/mol. The number of likely N-dealkylation sites (N-methyl/N-ethyl adjacent to an activating group) is 1. The fourth-order valence-electron chi connectivity index (χ4n) is 3.50. The molecule has 1 aromatic carbocycles. The van der Waals surface area contributed by atoms with Gasteiger partial charge in [0.05, 0.1) is 11.9 Å². The zero-order chi connectivity index (χ0) is 17.7. The molecule has 0 saturated heterocycles. The molecule has 2 rings (SSSR count). The second-order valence-electron chi connectivity index (χ2n) is 6.56. The smallest absolute Gasteiger partial charge is 0.246 e. The average Bonchev–Trinajstić information content (AvgIpc) is 2.58. The van der Waals surface area contributed by atoms with E-state index in [9.17, 15) is 13.2 Å². The van der Waals surface area contributed by atoms with Gasteiger partial charge in [-0.05, 0) is 31.4 Å². The molecule has 1 amide bonds. The Bertz CT molecular complexity index is 639. The number of anilines is 1. The summed E-state index contributed by atoms with van der Waals surface area (Å²) < 4.78 is 26.1. The van der Waals surface area contributed by atoms with Gasteiger partial charge in [0.15, 0.2) is 0 Å². The molecule has 1 aliphatic rings. The molecule has 1 atom stereocenters. The van der Waals surface area contributed by atoms with Gasteiger partial charge in [-0.3, -0.25) is 9.10 Å². The first-order valence-corrected chi connectivity index (χ1v) is 10.5. The third-order valence-corrected chi connectivity index (χ3v) is 5.97. The molecule has 0 aliphatic heterocycles. The second kappa shape index (κ2) is 8.01. The Balaban J connectivity index is 2.30. The molecule has 1 aliphatic carbocycles. The van der Waals surface area contributed by atoms with Gasteiger partial charge in [0.2, 0.25) is 15.9 Å². The van der Waals surface area contributed by atoms with E-state index in [0.29, 0.717) is 12.1 Å². The summed E-state index contributed by atoms with van der Waals surface area (Å²) in [6.07, 6.45) is 7.09. The quantitative estimate of drug-likeness (QED) is 0.791. The molecule has 0 bridgehead atoms. The lowest BCUT2D eigenvalue weighted by Crippen LogP contribution is -2.52. The first kappa shape index (κ1) is 18.8. The normalized spacial score (nSPS) is 17.3. The number of benzene rings is 1. The van der Waals surface area contributed by atoms with Gasteiger partial charge in [0.25, 0.3) is 0 Å². The molecule has 1 saturated carbocycles. The van der Waals surface area contributed by atoms with Crippen LogP contribution in [0.4, 0.5) is 5.69 Å². The Kier molecular flexibility index (Phi) is 6.27. The molecule has 24 heavy (non-hydrogen) atoms. The van der Waals surface area contributed by atoms with Gasteiger partial charge in [0.1, 0.15) is 6.04 Å². The first-order valence-electron chi connectivity index (χ1n) is 8.67. The Morgan fingerprint density at radius 2 is 1.75 bits per heavy atom. The molecule has 0 radical (unpaired) electrons. The average molecular weight is 353 g/mol. The van der Waals surface area contributed by atoms with Crippen molar-refractivity contribution >= 4 is 21.6 Å². The lowest BCUT2D eigenvalue weighted by atomic mass is 9.94. The van der Waals surface area contributed by atoms with E-state index in [1.807, 2.05) is 20.0 Å². The Hall–Kier alpha value is -1.56. The zero-order valence-electron chi connectivity index (χ0n) is 14.8. The number of para-hydroxylation sites is 1. The van der Waals surface area contributed by atoms with Crippen LogP contribution in [0.5, 0.6) is 0 Å². The molecule has 6 heteroatoms. The number of nitrogens with zero attached hydrogens (tertiary/aromatic N) is 2. The predicted octanol–water partition coefficient (Wildman–Crippen LogP) is 3.02. The second-order valence-corrected chi connectivity index (χ2v) is 8.42. The summed E-state index contributed by atoms with van der Waals surface area (Å²) in [5.41, 5.74) is 0.539. The molecule has 1 fully saturated rings. The maximum atomic E-state index is 13.1. The maximum Gasteiger partial charge on any atom is 0.246 e. The van der Waals surface area contributed by atoms with Crippen LogP contribution in [0.25, 0.3) is 0 Å². The van der Waals surface area contributed by atoms with Crippen molar-refractivity contribution in [2.45, 2.75) is 57.5 Å². The van der Waals surface area contributed by atoms with Crippen molar-refractivity contribution in [1.82, 2.24) is 4.90 Å². The summed E-state index contributed by atoms with van der Waals surface area (Å²) in [6, 6.07) is 8.40. The highest BCUT2D eigenvalue weighted by Gasteiger charge is 2.35. The Morgan fingerprint density at radius 1 is 1.17 bits per heavy atom. The number of hydrogen-bond acceptors (Lipinski definition) is 3. The summed E-state index contributed by atoms with van der Waals surface area (Å²) in [6.45, 7) is 1.86. The fraction of sp³-hybridized carbons (Fsp3) is 0.611. The number of carbonyl (C=O) groups is 1. The highest BCUT2D eigenvalue weighted by atomic mass is 32.2. The summed E-state index contributed by atoms with van der Waals surface area (Å²) >= 11 is 0. The van der Waals surface area contributed by atoms with Crippen molar-refractivity contribution in [2.24, 2.45) is 0 Å². The summed E-state index contributed by atoms with van der Waals surface area (Å²) in [5.74, 6) is -0.112. The van der Waals surface area contributed by atoms with Crippen LogP contribution in [0.15, 0.2) is 30.3 Å². The van der Waals surface area contributed by atoms with E-state index in [-0.39, 0.29) is 11.9 Å². The molecule has 1 aromatic rings. The number of sulfonamides is 1. The number of amides is 1. The Morgan fingerprint density at radius 3 is 2.25 bits per heavy atom. The van der Waals surface area contributed by atoms with E-state index < -0.39 is 16.1 Å². The van der Waals surface area contributed by atoms with Gasteiger partial charge in [-0.25, -0.2) is 8.42 Å². The molecule has 0 N–H and O–H groups in total. The van der Waals surface area contributed by atoms with E-state index >= 15 is 0 Å². The Labute approximate surface area is 145 Å². The van der Waals surface area contributed by atoms with Crippen LogP contribution in [-0.4, -0.2) is 44.6 Å². The van der Waals surface area contributed by atoms with Crippen molar-refractivity contribution < 1.29 is 13.2 Å². The summed E-state index contributed by atoms with van der Waals surface area (Å²) in [7, 11) is -1.74. The zero-order valence-corrected chi connectivity index (χ0v) is 15.6. The van der Waals surface area contributed by atoms with Crippen LogP contribution in [0.1, 0.15) is 45.4 Å². The minimum Gasteiger partial charge on any atom is -0.341 e. The number of carbonyl (C=O) groups excluding carboxylic acids is 1. The topological polar surface area (TPSA) is 57.7 Å². The molecule has 0 unspecified atom stereocenters. The van der Waals surface area contributed by atoms with Crippen molar-refractivity contribution in [3.8, 4) is 0 Å². The number of hydrogen-bond donors (Lipinski definition) is 0. The van der Waals surface area contributed by atoms with Crippen LogP contribution in [0, 0.1) is 0 Å². The highest BCUT2D eigenvalue weighted by Crippen LogP contribution is 2.26. The largest absolute Gasteiger partial charge is 0.341 e. The molecule has 0 heterocycles. The monoisotopic (exact) mass is 352 g/mol. The molecule has 0 aromatic heterocycles. The van der Waals surface area contributed by atoms with Crippen LogP contribution in [0.3, 0.4) is 0 Å². The number of rotatable bonds is 6. The van der Waals surface area contributed by atoms with Crippen LogP contribution in [-0.2, 0) is 14.8 Å². The summed E-state index contributed by atoms with van der Waals surface area (Å²) in [4.78, 5) is 14.8. The van der Waals surface area contributed by atoms with Crippen LogP contribution >= 0.6 is 0 Å². The molecule has 0 spiro atoms. The van der Waals surface area contributed by atoms with E-state index in [4.69, 9.17) is 0 Å². The minimum atomic E-state index is -3.55. The van der Waals surface area contributed by atoms with Crippen molar-refractivity contribution in [2.75, 3.05) is 17.6 Å². The first-order chi connectivity index (χ1) is 11.4. The van der Waals surface area contributed by atoms with Crippen molar-refractivity contribution in [3.63, 3.8) is 0 Å². The van der Waals surface area contributed by atoms with Crippen molar-refractivity contribution in [3.05, 3.63) is 30.3 Å². The van der Waals surface area contributed by atoms with Gasteiger partial charge < -0.3 is 4.90 Å². The van der Waals surface area contributed by atoms with E-state index in [1.54, 1.807) is 29.2 Å². The third-order valence-electron chi connectivity index (χ3n) is 4.79. The van der Waals surface area contributed by atoms with Crippen LogP contribution < -0.4 is 4.31 Å². The lowest BCUT2D eigenvalue weighted by molar-refractivity contribution is -0.133. The third kappa shape index (κ3) is 4.29. The van der Waals surface area contributed by atoms with Crippen molar-refractivity contribution in [1.29, 1.82) is 0 Å². The van der Waals surface area contributed by atoms with Gasteiger partial charge >= 0.3 is 0 Å². The highest BCUT2D eigenvalue weighted by molar-refractivity contribution is 7.92. The van der Waals surface area contributed by atoms with E-state index in [2.05, 4.69) is 0 Å². The molecule has 5 nitrogen and oxygen atoms in total. The van der Waals surface area contributed by atoms with Gasteiger partial charge in [-0.15, -0.1) is 0 Å². The van der Waals surface area contributed by atoms with Gasteiger partial charge in [0, 0.05) is 13.1 Å². The van der Waals surface area contributed by atoms with E-state index in [1.165, 1.54) is 10.7 Å². The van der Waals surface area contributed by atoms with Gasteiger partial charge in [-0.2, -0.15) is 0 Å². The summed E-state index contributed by atoms with van der Waals surface area (Å²) in [5, 5.41) is 0. The van der Waals surface area contributed by atoms with E-state index in [0.717, 1.165) is 31.9 Å². The van der Waals surface area contributed by atoms with Gasteiger partial charge in [-0.1, -0.05) is 44.4 Å².